The Hall–Kier alpha value is -3.57. The van der Waals surface area contributed by atoms with Gasteiger partial charge in [0.05, 0.1) is 11.0 Å². The average molecular weight is 467 g/mol. The first-order valence-corrected chi connectivity index (χ1v) is 10.2. The van der Waals surface area contributed by atoms with E-state index < -0.39 is 46.0 Å². The van der Waals surface area contributed by atoms with Gasteiger partial charge in [-0.25, -0.2) is 22.9 Å². The first kappa shape index (κ1) is 24.1. The van der Waals surface area contributed by atoms with Crippen molar-refractivity contribution in [2.75, 3.05) is 23.7 Å². The molecule has 9 nitrogen and oxygen atoms in total. The van der Waals surface area contributed by atoms with Crippen molar-refractivity contribution in [1.29, 1.82) is 0 Å². The number of nitro groups is 1. The topological polar surface area (TPSA) is 124 Å². The first-order valence-electron chi connectivity index (χ1n) is 10.2. The monoisotopic (exact) mass is 467 g/mol. The number of aromatic nitrogens is 1. The van der Waals surface area contributed by atoms with Crippen LogP contribution in [-0.2, 0) is 4.74 Å². The molecule has 2 heterocycles. The number of halogens is 3. The second-order valence-corrected chi connectivity index (χ2v) is 8.71. The number of nitrogens with two attached hydrogens (primary N) is 1. The summed E-state index contributed by atoms with van der Waals surface area (Å²) in [5.74, 6) is -4.09. The minimum atomic E-state index is -1.31. The summed E-state index contributed by atoms with van der Waals surface area (Å²) in [5.41, 5.74) is 4.47. The van der Waals surface area contributed by atoms with Crippen molar-refractivity contribution in [3.8, 4) is 0 Å². The van der Waals surface area contributed by atoms with E-state index in [-0.39, 0.29) is 30.0 Å². The lowest BCUT2D eigenvalue weighted by atomic mass is 9.84. The van der Waals surface area contributed by atoms with Gasteiger partial charge in [0.1, 0.15) is 17.2 Å². The number of pyridine rings is 1. The van der Waals surface area contributed by atoms with Gasteiger partial charge >= 0.3 is 11.8 Å². The quantitative estimate of drug-likeness (QED) is 0.397. The number of hydrogen-bond acceptors (Lipinski definition) is 7. The van der Waals surface area contributed by atoms with Crippen LogP contribution in [-0.4, -0.2) is 40.7 Å². The molecule has 1 fully saturated rings. The summed E-state index contributed by atoms with van der Waals surface area (Å²) in [4.78, 5) is 28.5. The molecule has 0 bridgehead atoms. The first-order chi connectivity index (χ1) is 15.4. The molecule has 2 aromatic rings. The van der Waals surface area contributed by atoms with Gasteiger partial charge in [-0.3, -0.25) is 10.1 Å². The average Bonchev–Trinajstić information content (AvgIpc) is 2.69. The largest absolute Gasteiger partial charge is 0.444 e. The number of carbonyl (C=O) groups is 1. The number of anilines is 2. The van der Waals surface area contributed by atoms with Crippen molar-refractivity contribution < 1.29 is 27.6 Å². The third kappa shape index (κ3) is 5.62. The van der Waals surface area contributed by atoms with Gasteiger partial charge in [-0.2, -0.15) is 0 Å². The molecule has 2 atom stereocenters. The summed E-state index contributed by atoms with van der Waals surface area (Å²) in [6.07, 6.45) is -0.528. The summed E-state index contributed by atoms with van der Waals surface area (Å²) in [6, 6.07) is 3.12. The zero-order chi connectivity index (χ0) is 24.5. The molecular weight excluding hydrogens is 443 g/mol. The Kier molecular flexibility index (Phi) is 6.65. The third-order valence-electron chi connectivity index (χ3n) is 5.16. The SMILES string of the molecule is CC(C)(C)OC(=O)N[C@H]1CN(c2ccc([N+](=O)[O-])c(N)n2)CC[C@@H]1c1cc(F)c(F)cc1F. The standard InChI is InChI=1S/C21H24F3N5O4/c1-21(2,3)33-20(30)26-16-10-28(18-5-4-17(29(31)32)19(25)27-18)7-6-11(16)12-8-14(23)15(24)9-13(12)22/h4-5,8-9,11,16H,6-7,10H2,1-3H3,(H2,25,27)(H,26,30)/t11-,16+/m1/s1. The minimum Gasteiger partial charge on any atom is -0.444 e. The lowest BCUT2D eigenvalue weighted by molar-refractivity contribution is -0.384. The van der Waals surface area contributed by atoms with Crippen molar-refractivity contribution >= 4 is 23.4 Å². The maximum atomic E-state index is 14.5. The maximum absolute atomic E-state index is 14.5. The fourth-order valence-corrected chi connectivity index (χ4v) is 3.75. The molecule has 12 heteroatoms. The zero-order valence-corrected chi connectivity index (χ0v) is 18.3. The van der Waals surface area contributed by atoms with Gasteiger partial charge in [-0.1, -0.05) is 0 Å². The lowest BCUT2D eigenvalue weighted by Crippen LogP contribution is -2.53. The van der Waals surface area contributed by atoms with Crippen LogP contribution in [0, 0.1) is 27.6 Å². The second-order valence-electron chi connectivity index (χ2n) is 8.71. The number of nitrogens with one attached hydrogen (secondary N) is 1. The Morgan fingerprint density at radius 3 is 2.52 bits per heavy atom. The number of alkyl carbamates (subject to hydrolysis) is 1. The Morgan fingerprint density at radius 1 is 1.24 bits per heavy atom. The molecule has 178 valence electrons. The number of benzene rings is 1. The molecule has 1 aliphatic rings. The summed E-state index contributed by atoms with van der Waals surface area (Å²) in [5, 5.41) is 13.7. The number of carbonyl (C=O) groups excluding carboxylic acids is 1. The van der Waals surface area contributed by atoms with Gasteiger partial charge in [-0.15, -0.1) is 0 Å². The van der Waals surface area contributed by atoms with E-state index in [0.29, 0.717) is 18.4 Å². The van der Waals surface area contributed by atoms with E-state index in [0.717, 1.165) is 6.07 Å². The number of nitrogen functional groups attached to an aromatic ring is 1. The molecular formula is C21H24F3N5O4. The van der Waals surface area contributed by atoms with Crippen LogP contribution in [0.4, 0.5) is 35.3 Å². The number of rotatable bonds is 4. The van der Waals surface area contributed by atoms with E-state index >= 15 is 0 Å². The molecule has 0 aliphatic carbocycles. The summed E-state index contributed by atoms with van der Waals surface area (Å²) >= 11 is 0. The van der Waals surface area contributed by atoms with Crippen LogP contribution in [0.15, 0.2) is 24.3 Å². The van der Waals surface area contributed by atoms with E-state index in [9.17, 15) is 28.1 Å². The summed E-state index contributed by atoms with van der Waals surface area (Å²) in [6.45, 7) is 5.41. The predicted octanol–water partition coefficient (Wildman–Crippen LogP) is 3.88. The van der Waals surface area contributed by atoms with Crippen molar-refractivity contribution in [3.63, 3.8) is 0 Å². The Bertz CT molecular complexity index is 1080. The highest BCUT2D eigenvalue weighted by Gasteiger charge is 2.35. The highest BCUT2D eigenvalue weighted by atomic mass is 19.2. The molecule has 3 rings (SSSR count). The molecule has 1 saturated heterocycles. The molecule has 3 N–H and O–H groups in total. The molecule has 0 unspecified atom stereocenters. The number of ether oxygens (including phenoxy) is 1. The van der Waals surface area contributed by atoms with Crippen molar-refractivity contribution in [3.05, 3.63) is 57.4 Å². The fourth-order valence-electron chi connectivity index (χ4n) is 3.75. The van der Waals surface area contributed by atoms with Crippen LogP contribution in [0.1, 0.15) is 38.7 Å². The van der Waals surface area contributed by atoms with Crippen LogP contribution in [0.5, 0.6) is 0 Å². The van der Waals surface area contributed by atoms with Gasteiger partial charge < -0.3 is 20.7 Å². The third-order valence-corrected chi connectivity index (χ3v) is 5.16. The molecule has 1 aromatic carbocycles. The highest BCUT2D eigenvalue weighted by molar-refractivity contribution is 5.68. The Labute approximate surface area is 187 Å². The van der Waals surface area contributed by atoms with Crippen LogP contribution in [0.2, 0.25) is 0 Å². The van der Waals surface area contributed by atoms with E-state index in [2.05, 4.69) is 10.3 Å². The molecule has 0 saturated carbocycles. The van der Waals surface area contributed by atoms with Gasteiger partial charge in [0.25, 0.3) is 0 Å². The number of nitrogens with zero attached hydrogens (tertiary/aromatic N) is 3. The smallest absolute Gasteiger partial charge is 0.407 e. The minimum absolute atomic E-state index is 0.0780. The highest BCUT2D eigenvalue weighted by Crippen LogP contribution is 2.34. The van der Waals surface area contributed by atoms with E-state index in [1.165, 1.54) is 12.1 Å². The Balaban J connectivity index is 1.91. The molecule has 33 heavy (non-hydrogen) atoms. The fraction of sp³-hybridized carbons (Fsp3) is 0.429. The van der Waals surface area contributed by atoms with Gasteiger partial charge in [0.15, 0.2) is 11.6 Å². The van der Waals surface area contributed by atoms with Crippen LogP contribution in [0.25, 0.3) is 0 Å². The number of piperidine rings is 1. The van der Waals surface area contributed by atoms with Gasteiger partial charge in [0.2, 0.25) is 5.82 Å². The molecule has 0 radical (unpaired) electrons. The predicted molar refractivity (Wildman–Crippen MR) is 114 cm³/mol. The van der Waals surface area contributed by atoms with Crippen molar-refractivity contribution in [1.82, 2.24) is 10.3 Å². The van der Waals surface area contributed by atoms with E-state index in [4.69, 9.17) is 10.5 Å². The maximum Gasteiger partial charge on any atom is 0.407 e. The normalized spacial score (nSPS) is 18.7. The van der Waals surface area contributed by atoms with Gasteiger partial charge in [-0.05, 0) is 44.9 Å². The lowest BCUT2D eigenvalue weighted by Gasteiger charge is -2.40. The summed E-state index contributed by atoms with van der Waals surface area (Å²) < 4.78 is 47.1. The Morgan fingerprint density at radius 2 is 1.91 bits per heavy atom. The van der Waals surface area contributed by atoms with Crippen LogP contribution in [0.3, 0.4) is 0 Å². The van der Waals surface area contributed by atoms with Crippen LogP contribution < -0.4 is 16.0 Å². The van der Waals surface area contributed by atoms with Crippen molar-refractivity contribution in [2.45, 2.75) is 44.8 Å². The molecule has 1 aliphatic heterocycles. The van der Waals surface area contributed by atoms with Crippen molar-refractivity contribution in [2.24, 2.45) is 0 Å². The summed E-state index contributed by atoms with van der Waals surface area (Å²) in [7, 11) is 0. The zero-order valence-electron chi connectivity index (χ0n) is 18.3. The molecule has 1 amide bonds. The van der Waals surface area contributed by atoms with Gasteiger partial charge in [0, 0.05) is 31.1 Å². The second kappa shape index (κ2) is 9.12. The molecule has 0 spiro atoms. The van der Waals surface area contributed by atoms with E-state index in [1.807, 2.05) is 0 Å². The molecule has 1 aromatic heterocycles. The number of hydrogen-bond donors (Lipinski definition) is 2. The number of amides is 1. The van der Waals surface area contributed by atoms with E-state index in [1.54, 1.807) is 25.7 Å². The van der Waals surface area contributed by atoms with Crippen LogP contribution >= 0.6 is 0 Å².